The number of tetrazole rings is 1. The van der Waals surface area contributed by atoms with Crippen LogP contribution in [0.4, 0.5) is 4.39 Å². The van der Waals surface area contributed by atoms with Gasteiger partial charge in [-0.25, -0.2) is 9.07 Å². The zero-order valence-corrected chi connectivity index (χ0v) is 13.6. The Morgan fingerprint density at radius 2 is 2.21 bits per heavy atom. The number of benzene rings is 1. The van der Waals surface area contributed by atoms with Crippen LogP contribution in [0, 0.1) is 11.7 Å². The largest absolute Gasteiger partial charge is 0.342 e. The van der Waals surface area contributed by atoms with E-state index in [4.69, 9.17) is 0 Å². The predicted molar refractivity (Wildman–Crippen MR) is 86.5 cm³/mol. The molecule has 0 radical (unpaired) electrons. The average molecular weight is 331 g/mol. The average Bonchev–Trinajstić information content (AvgIpc) is 3.13. The molecule has 1 saturated heterocycles. The van der Waals surface area contributed by atoms with E-state index in [0.29, 0.717) is 18.9 Å². The molecule has 1 unspecified atom stereocenters. The van der Waals surface area contributed by atoms with E-state index in [9.17, 15) is 9.18 Å². The predicted octanol–water partition coefficient (Wildman–Crippen LogP) is 2.07. The van der Waals surface area contributed by atoms with Crippen molar-refractivity contribution in [2.24, 2.45) is 5.92 Å². The van der Waals surface area contributed by atoms with Crippen LogP contribution in [0.2, 0.25) is 0 Å². The van der Waals surface area contributed by atoms with Gasteiger partial charge in [0.1, 0.15) is 12.1 Å². The first-order valence-corrected chi connectivity index (χ1v) is 8.44. The minimum absolute atomic E-state index is 0.136. The summed E-state index contributed by atoms with van der Waals surface area (Å²) in [5.41, 5.74) is 0.764. The lowest BCUT2D eigenvalue weighted by Gasteiger charge is -2.33. The van der Waals surface area contributed by atoms with Gasteiger partial charge in [0.25, 0.3) is 0 Å². The monoisotopic (exact) mass is 331 g/mol. The molecule has 1 aliphatic heterocycles. The molecular formula is C17H22FN5O. The third kappa shape index (κ3) is 4.37. The lowest BCUT2D eigenvalue weighted by molar-refractivity contribution is -0.133. The maximum absolute atomic E-state index is 13.7. The molecule has 24 heavy (non-hydrogen) atoms. The van der Waals surface area contributed by atoms with Crippen molar-refractivity contribution in [3.8, 4) is 0 Å². The number of amides is 1. The van der Waals surface area contributed by atoms with E-state index in [2.05, 4.69) is 15.5 Å². The first kappa shape index (κ1) is 16.5. The van der Waals surface area contributed by atoms with E-state index in [1.165, 1.54) is 12.4 Å². The van der Waals surface area contributed by atoms with Gasteiger partial charge in [0.2, 0.25) is 5.91 Å². The van der Waals surface area contributed by atoms with Crippen LogP contribution in [0.25, 0.3) is 0 Å². The van der Waals surface area contributed by atoms with Gasteiger partial charge in [-0.3, -0.25) is 4.79 Å². The normalized spacial score (nSPS) is 17.9. The van der Waals surface area contributed by atoms with E-state index in [1.807, 2.05) is 17.0 Å². The van der Waals surface area contributed by atoms with Gasteiger partial charge in [-0.05, 0) is 53.7 Å². The number of hydrogen-bond donors (Lipinski definition) is 0. The van der Waals surface area contributed by atoms with Crippen molar-refractivity contribution in [1.82, 2.24) is 25.1 Å². The second-order valence-electron chi connectivity index (χ2n) is 6.30. The number of halogens is 1. The molecule has 1 aromatic carbocycles. The molecule has 2 aromatic rings. The molecule has 6 nitrogen and oxygen atoms in total. The van der Waals surface area contributed by atoms with Crippen LogP contribution in [0.5, 0.6) is 0 Å². The summed E-state index contributed by atoms with van der Waals surface area (Å²) < 4.78 is 15.3. The van der Waals surface area contributed by atoms with Crippen molar-refractivity contribution in [2.45, 2.75) is 38.6 Å². The third-order valence-corrected chi connectivity index (χ3v) is 4.60. The van der Waals surface area contributed by atoms with Gasteiger partial charge in [-0.15, -0.1) is 5.10 Å². The number of carbonyl (C=O) groups is 1. The highest BCUT2D eigenvalue weighted by molar-refractivity contribution is 5.76. The highest BCUT2D eigenvalue weighted by atomic mass is 19.1. The van der Waals surface area contributed by atoms with Gasteiger partial charge in [0, 0.05) is 19.5 Å². The van der Waals surface area contributed by atoms with Gasteiger partial charge >= 0.3 is 0 Å². The third-order valence-electron chi connectivity index (χ3n) is 4.60. The Labute approximate surface area is 140 Å². The molecule has 1 fully saturated rings. The Bertz CT molecular complexity index is 661. The summed E-state index contributed by atoms with van der Waals surface area (Å²) in [6.45, 7) is 2.08. The first-order valence-electron chi connectivity index (χ1n) is 8.44. The van der Waals surface area contributed by atoms with Gasteiger partial charge in [-0.2, -0.15) is 0 Å². The number of nitrogens with zero attached hydrogens (tertiary/aromatic N) is 5. The molecule has 7 heteroatoms. The van der Waals surface area contributed by atoms with Crippen LogP contribution in [0.15, 0.2) is 30.6 Å². The van der Waals surface area contributed by atoms with E-state index in [1.54, 1.807) is 10.7 Å². The molecule has 0 saturated carbocycles. The van der Waals surface area contributed by atoms with Gasteiger partial charge in [0.15, 0.2) is 0 Å². The van der Waals surface area contributed by atoms with E-state index in [-0.39, 0.29) is 11.7 Å². The van der Waals surface area contributed by atoms with Crippen molar-refractivity contribution in [3.63, 3.8) is 0 Å². The molecule has 0 bridgehead atoms. The molecule has 0 aliphatic carbocycles. The van der Waals surface area contributed by atoms with E-state index < -0.39 is 0 Å². The van der Waals surface area contributed by atoms with Gasteiger partial charge in [-0.1, -0.05) is 18.2 Å². The SMILES string of the molecule is O=C(CCn1cnnn1)N1CCCC(CCc2ccccc2F)C1. The fourth-order valence-corrected chi connectivity index (χ4v) is 3.24. The minimum atomic E-state index is -0.136. The Morgan fingerprint density at radius 3 is 3.00 bits per heavy atom. The van der Waals surface area contributed by atoms with Crippen molar-refractivity contribution in [1.29, 1.82) is 0 Å². The Morgan fingerprint density at radius 1 is 1.33 bits per heavy atom. The first-order chi connectivity index (χ1) is 11.7. The fourth-order valence-electron chi connectivity index (χ4n) is 3.24. The van der Waals surface area contributed by atoms with E-state index >= 15 is 0 Å². The number of piperidine rings is 1. The molecule has 1 aliphatic rings. The Hall–Kier alpha value is -2.31. The van der Waals surface area contributed by atoms with Crippen molar-refractivity contribution < 1.29 is 9.18 Å². The molecule has 0 spiro atoms. The number of aromatic nitrogens is 4. The van der Waals surface area contributed by atoms with Crippen molar-refractivity contribution in [3.05, 3.63) is 42.0 Å². The number of carbonyl (C=O) groups excluding carboxylic acids is 1. The zero-order chi connectivity index (χ0) is 16.8. The van der Waals surface area contributed by atoms with Crippen LogP contribution in [-0.2, 0) is 17.8 Å². The molecule has 1 atom stereocenters. The van der Waals surface area contributed by atoms with Crippen LogP contribution in [0.1, 0.15) is 31.2 Å². The number of likely N-dealkylation sites (tertiary alicyclic amines) is 1. The summed E-state index contributed by atoms with van der Waals surface area (Å²) in [6.07, 6.45) is 5.68. The fraction of sp³-hybridized carbons (Fsp3) is 0.529. The highest BCUT2D eigenvalue weighted by Gasteiger charge is 2.23. The summed E-state index contributed by atoms with van der Waals surface area (Å²) in [5.74, 6) is 0.444. The van der Waals surface area contributed by atoms with Crippen LogP contribution in [0.3, 0.4) is 0 Å². The molecule has 0 N–H and O–H groups in total. The second kappa shape index (κ2) is 7.99. The lowest BCUT2D eigenvalue weighted by atomic mass is 9.91. The minimum Gasteiger partial charge on any atom is -0.342 e. The summed E-state index contributed by atoms with van der Waals surface area (Å²) in [6, 6.07) is 6.93. The Kier molecular flexibility index (Phi) is 5.51. The second-order valence-corrected chi connectivity index (χ2v) is 6.30. The molecule has 3 rings (SSSR count). The maximum atomic E-state index is 13.7. The van der Waals surface area contributed by atoms with Crippen molar-refractivity contribution >= 4 is 5.91 Å². The molecule has 1 amide bonds. The Balaban J connectivity index is 1.47. The summed E-state index contributed by atoms with van der Waals surface area (Å²) >= 11 is 0. The molecule has 128 valence electrons. The molecule has 2 heterocycles. The summed E-state index contributed by atoms with van der Waals surface area (Å²) in [5, 5.41) is 10.9. The maximum Gasteiger partial charge on any atom is 0.224 e. The molecule has 1 aromatic heterocycles. The molecular weight excluding hydrogens is 309 g/mol. The number of hydrogen-bond acceptors (Lipinski definition) is 4. The number of rotatable bonds is 6. The zero-order valence-electron chi connectivity index (χ0n) is 13.6. The van der Waals surface area contributed by atoms with Crippen LogP contribution < -0.4 is 0 Å². The lowest BCUT2D eigenvalue weighted by Crippen LogP contribution is -2.40. The summed E-state index contributed by atoms with van der Waals surface area (Å²) in [7, 11) is 0. The van der Waals surface area contributed by atoms with Crippen molar-refractivity contribution in [2.75, 3.05) is 13.1 Å². The quantitative estimate of drug-likeness (QED) is 0.813. The standard InChI is InChI=1S/C17H22FN5O/c18-16-6-2-1-5-15(16)8-7-14-4-3-10-22(12-14)17(24)9-11-23-13-19-20-21-23/h1-2,5-6,13-14H,3-4,7-12H2. The topological polar surface area (TPSA) is 63.9 Å². The van der Waals surface area contributed by atoms with E-state index in [0.717, 1.165) is 44.3 Å². The van der Waals surface area contributed by atoms with Crippen LogP contribution in [-0.4, -0.2) is 44.1 Å². The summed E-state index contributed by atoms with van der Waals surface area (Å²) in [4.78, 5) is 14.3. The number of aryl methyl sites for hydroxylation is 2. The van der Waals surface area contributed by atoms with Crippen LogP contribution >= 0.6 is 0 Å². The van der Waals surface area contributed by atoms with Gasteiger partial charge < -0.3 is 4.90 Å². The highest BCUT2D eigenvalue weighted by Crippen LogP contribution is 2.23. The van der Waals surface area contributed by atoms with Gasteiger partial charge in [0.05, 0.1) is 6.54 Å². The smallest absolute Gasteiger partial charge is 0.224 e.